The van der Waals surface area contributed by atoms with E-state index in [0.29, 0.717) is 19.0 Å². The summed E-state index contributed by atoms with van der Waals surface area (Å²) < 4.78 is 5.42. The number of likely N-dealkylation sites (N-methyl/N-ethyl adjacent to an activating group) is 1. The lowest BCUT2D eigenvalue weighted by Gasteiger charge is -2.26. The first-order valence-electron chi connectivity index (χ1n) is 8.60. The summed E-state index contributed by atoms with van der Waals surface area (Å²) in [5, 5.41) is 2.92. The highest BCUT2D eigenvalue weighted by atomic mass is 16.6. The van der Waals surface area contributed by atoms with Crippen molar-refractivity contribution in [1.82, 2.24) is 15.1 Å². The van der Waals surface area contributed by atoms with Crippen molar-refractivity contribution in [2.75, 3.05) is 32.7 Å². The van der Waals surface area contributed by atoms with Crippen LogP contribution in [0.4, 0.5) is 4.79 Å². The molecule has 1 saturated heterocycles. The molecule has 6 heteroatoms. The molecule has 0 aliphatic carbocycles. The first-order valence-corrected chi connectivity index (χ1v) is 8.60. The van der Waals surface area contributed by atoms with Gasteiger partial charge in [0.05, 0.1) is 6.54 Å². The molecule has 1 heterocycles. The number of rotatable bonds is 6. The van der Waals surface area contributed by atoms with E-state index in [1.807, 2.05) is 34.6 Å². The van der Waals surface area contributed by atoms with Gasteiger partial charge >= 0.3 is 6.09 Å². The second-order valence-electron chi connectivity index (χ2n) is 7.63. The van der Waals surface area contributed by atoms with E-state index in [4.69, 9.17) is 4.74 Å². The van der Waals surface area contributed by atoms with Crippen molar-refractivity contribution in [1.29, 1.82) is 0 Å². The van der Waals surface area contributed by atoms with Crippen molar-refractivity contribution >= 4 is 12.0 Å². The largest absolute Gasteiger partial charge is 0.444 e. The van der Waals surface area contributed by atoms with Gasteiger partial charge in [-0.1, -0.05) is 6.92 Å². The fourth-order valence-corrected chi connectivity index (χ4v) is 2.72. The lowest BCUT2D eigenvalue weighted by atomic mass is 10.1. The lowest BCUT2D eigenvalue weighted by molar-refractivity contribution is -0.122. The Kier molecular flexibility index (Phi) is 7.32. The van der Waals surface area contributed by atoms with Crippen LogP contribution >= 0.6 is 0 Å². The highest BCUT2D eigenvalue weighted by Gasteiger charge is 2.30. The molecule has 1 atom stereocenters. The molecule has 0 radical (unpaired) electrons. The third kappa shape index (κ3) is 7.68. The molecule has 0 aromatic carbocycles. The molecule has 6 nitrogen and oxygen atoms in total. The fourth-order valence-electron chi connectivity index (χ4n) is 2.72. The number of hydrogen-bond donors (Lipinski definition) is 1. The zero-order valence-corrected chi connectivity index (χ0v) is 15.5. The average Bonchev–Trinajstić information content (AvgIpc) is 2.83. The molecule has 0 saturated carbocycles. The van der Waals surface area contributed by atoms with Crippen LogP contribution in [0.1, 0.15) is 48.0 Å². The van der Waals surface area contributed by atoms with Gasteiger partial charge in [0.25, 0.3) is 0 Å². The molecular formula is C17H33N3O3. The third-order valence-corrected chi connectivity index (χ3v) is 3.72. The Morgan fingerprint density at radius 2 is 2.00 bits per heavy atom. The molecule has 134 valence electrons. The van der Waals surface area contributed by atoms with Gasteiger partial charge in [-0.15, -0.1) is 0 Å². The predicted molar refractivity (Wildman–Crippen MR) is 91.3 cm³/mol. The Bertz CT molecular complexity index is 404. The predicted octanol–water partition coefficient (Wildman–Crippen LogP) is 2.09. The number of ether oxygens (including phenoxy) is 1. The summed E-state index contributed by atoms with van der Waals surface area (Å²) in [5.41, 5.74) is -0.459. The summed E-state index contributed by atoms with van der Waals surface area (Å²) in [6.07, 6.45) is 0.724. The van der Waals surface area contributed by atoms with Gasteiger partial charge in [0.15, 0.2) is 0 Å². The number of likely N-dealkylation sites (tertiary alicyclic amines) is 1. The Labute approximate surface area is 140 Å². The minimum absolute atomic E-state index is 0.0591. The SMILES string of the molecule is CCN(CC(=O)NC(C)C)C[C@H]1CCN(C(=O)OC(C)(C)C)C1. The maximum absolute atomic E-state index is 12.1. The molecule has 1 aliphatic rings. The Balaban J connectivity index is 2.43. The number of nitrogens with one attached hydrogen (secondary N) is 1. The smallest absolute Gasteiger partial charge is 0.410 e. The average molecular weight is 327 g/mol. The summed E-state index contributed by atoms with van der Waals surface area (Å²) in [6.45, 7) is 15.1. The van der Waals surface area contributed by atoms with E-state index in [-0.39, 0.29) is 18.0 Å². The van der Waals surface area contributed by atoms with Crippen LogP contribution < -0.4 is 5.32 Å². The fraction of sp³-hybridized carbons (Fsp3) is 0.882. The lowest BCUT2D eigenvalue weighted by Crippen LogP contribution is -2.42. The van der Waals surface area contributed by atoms with E-state index in [2.05, 4.69) is 17.1 Å². The Morgan fingerprint density at radius 1 is 1.35 bits per heavy atom. The molecule has 1 rings (SSSR count). The van der Waals surface area contributed by atoms with Crippen molar-refractivity contribution in [2.24, 2.45) is 5.92 Å². The minimum atomic E-state index is -0.459. The van der Waals surface area contributed by atoms with E-state index in [9.17, 15) is 9.59 Å². The van der Waals surface area contributed by atoms with Gasteiger partial charge < -0.3 is 15.0 Å². The molecule has 0 unspecified atom stereocenters. The van der Waals surface area contributed by atoms with Crippen LogP contribution in [0.25, 0.3) is 0 Å². The molecule has 1 N–H and O–H groups in total. The van der Waals surface area contributed by atoms with E-state index in [1.165, 1.54) is 0 Å². The van der Waals surface area contributed by atoms with Gasteiger partial charge in [-0.05, 0) is 53.5 Å². The quantitative estimate of drug-likeness (QED) is 0.811. The van der Waals surface area contributed by atoms with Crippen molar-refractivity contribution in [3.05, 3.63) is 0 Å². The van der Waals surface area contributed by atoms with Crippen molar-refractivity contribution in [3.8, 4) is 0 Å². The zero-order chi connectivity index (χ0) is 17.6. The third-order valence-electron chi connectivity index (χ3n) is 3.72. The second-order valence-corrected chi connectivity index (χ2v) is 7.63. The van der Waals surface area contributed by atoms with E-state index in [1.54, 1.807) is 4.90 Å². The summed E-state index contributed by atoms with van der Waals surface area (Å²) in [4.78, 5) is 27.9. The van der Waals surface area contributed by atoms with E-state index < -0.39 is 5.60 Å². The number of nitrogens with zero attached hydrogens (tertiary/aromatic N) is 2. The number of carbonyl (C=O) groups excluding carboxylic acids is 2. The maximum atomic E-state index is 12.1. The highest BCUT2D eigenvalue weighted by Crippen LogP contribution is 2.20. The second kappa shape index (κ2) is 8.52. The molecule has 0 aromatic rings. The van der Waals surface area contributed by atoms with Gasteiger partial charge in [-0.3, -0.25) is 9.69 Å². The van der Waals surface area contributed by atoms with Gasteiger partial charge in [0.1, 0.15) is 5.60 Å². The van der Waals surface area contributed by atoms with E-state index >= 15 is 0 Å². The van der Waals surface area contributed by atoms with E-state index in [0.717, 1.165) is 26.1 Å². The summed E-state index contributed by atoms with van der Waals surface area (Å²) in [6, 6.07) is 0.162. The normalized spacial score (nSPS) is 18.6. The van der Waals surface area contributed by atoms with Gasteiger partial charge in [-0.2, -0.15) is 0 Å². The van der Waals surface area contributed by atoms with Crippen LogP contribution in [-0.2, 0) is 9.53 Å². The summed E-state index contributed by atoms with van der Waals surface area (Å²) in [5.74, 6) is 0.457. The molecule has 0 aromatic heterocycles. The van der Waals surface area contributed by atoms with Crippen molar-refractivity contribution in [2.45, 2.75) is 59.6 Å². The Morgan fingerprint density at radius 3 is 2.52 bits per heavy atom. The Hall–Kier alpha value is -1.30. The van der Waals surface area contributed by atoms with Gasteiger partial charge in [0.2, 0.25) is 5.91 Å². The van der Waals surface area contributed by atoms with Crippen LogP contribution in [-0.4, -0.2) is 66.2 Å². The molecule has 0 bridgehead atoms. The van der Waals surface area contributed by atoms with Crippen LogP contribution in [0, 0.1) is 5.92 Å². The van der Waals surface area contributed by atoms with Crippen molar-refractivity contribution in [3.63, 3.8) is 0 Å². The van der Waals surface area contributed by atoms with Crippen LogP contribution in [0.2, 0.25) is 0 Å². The molecule has 0 spiro atoms. The number of carbonyl (C=O) groups is 2. The first-order chi connectivity index (χ1) is 10.6. The number of hydrogen-bond acceptors (Lipinski definition) is 4. The maximum Gasteiger partial charge on any atom is 0.410 e. The number of amides is 2. The van der Waals surface area contributed by atoms with Crippen LogP contribution in [0.3, 0.4) is 0 Å². The highest BCUT2D eigenvalue weighted by molar-refractivity contribution is 5.78. The topological polar surface area (TPSA) is 61.9 Å². The van der Waals surface area contributed by atoms with Crippen LogP contribution in [0.15, 0.2) is 0 Å². The van der Waals surface area contributed by atoms with Gasteiger partial charge in [0, 0.05) is 25.7 Å². The monoisotopic (exact) mass is 327 g/mol. The first kappa shape index (κ1) is 19.7. The van der Waals surface area contributed by atoms with Crippen molar-refractivity contribution < 1.29 is 14.3 Å². The summed E-state index contributed by atoms with van der Waals surface area (Å²) in [7, 11) is 0. The molecule has 2 amide bonds. The minimum Gasteiger partial charge on any atom is -0.444 e. The van der Waals surface area contributed by atoms with Crippen LogP contribution in [0.5, 0.6) is 0 Å². The molecule has 23 heavy (non-hydrogen) atoms. The molecule has 1 fully saturated rings. The summed E-state index contributed by atoms with van der Waals surface area (Å²) >= 11 is 0. The standard InChI is InChI=1S/C17H33N3O3/c1-7-19(12-15(21)18-13(2)3)10-14-8-9-20(11-14)16(22)23-17(4,5)6/h13-14H,7-12H2,1-6H3,(H,18,21)/t14-/m1/s1. The zero-order valence-electron chi connectivity index (χ0n) is 15.5. The molecular weight excluding hydrogens is 294 g/mol. The van der Waals surface area contributed by atoms with Gasteiger partial charge in [-0.25, -0.2) is 4.79 Å². The molecule has 1 aliphatic heterocycles.